The normalized spacial score (nSPS) is 17.5. The van der Waals surface area contributed by atoms with E-state index in [0.29, 0.717) is 24.6 Å². The number of β-amino-alcohol motifs (C(OH)–C–C–N with tert-alkyl or cyclic N) is 1. The second-order valence-corrected chi connectivity index (χ2v) is 5.67. The second kappa shape index (κ2) is 8.56. The highest BCUT2D eigenvalue weighted by atomic mass is 35.5. The zero-order valence-electron chi connectivity index (χ0n) is 12.7. The molecule has 0 spiro atoms. The highest BCUT2D eigenvalue weighted by Crippen LogP contribution is 2.32. The van der Waals surface area contributed by atoms with Gasteiger partial charge in [0.05, 0.1) is 11.8 Å². The molecule has 8 heteroatoms. The molecule has 23 heavy (non-hydrogen) atoms. The van der Waals surface area contributed by atoms with Gasteiger partial charge in [-0.3, -0.25) is 0 Å². The summed E-state index contributed by atoms with van der Waals surface area (Å²) in [4.78, 5) is 2.22. The molecule has 1 fully saturated rings. The monoisotopic (exact) mass is 347 g/mol. The third kappa shape index (κ3) is 4.39. The van der Waals surface area contributed by atoms with Gasteiger partial charge in [0.2, 0.25) is 0 Å². The molecule has 1 aliphatic rings. The molecule has 1 unspecified atom stereocenters. The Morgan fingerprint density at radius 1 is 1.39 bits per heavy atom. The van der Waals surface area contributed by atoms with Crippen LogP contribution in [0.25, 0.3) is 11.0 Å². The van der Waals surface area contributed by atoms with Gasteiger partial charge in [-0.15, -0.1) is 12.4 Å². The quantitative estimate of drug-likeness (QED) is 0.860. The maximum Gasteiger partial charge on any atom is 0.170 e. The lowest BCUT2D eigenvalue weighted by atomic mass is 9.91. The van der Waals surface area contributed by atoms with E-state index in [2.05, 4.69) is 10.1 Å². The lowest BCUT2D eigenvalue weighted by molar-refractivity contribution is 0.102. The van der Waals surface area contributed by atoms with Crippen molar-refractivity contribution in [3.05, 3.63) is 29.7 Å². The van der Waals surface area contributed by atoms with Crippen LogP contribution in [0.4, 0.5) is 4.39 Å². The van der Waals surface area contributed by atoms with Gasteiger partial charge in [0.1, 0.15) is 5.82 Å². The number of halogens is 2. The maximum absolute atomic E-state index is 13.2. The fourth-order valence-corrected chi connectivity index (χ4v) is 2.99. The minimum atomic E-state index is -0.461. The van der Waals surface area contributed by atoms with Crippen molar-refractivity contribution in [1.82, 2.24) is 10.1 Å². The van der Waals surface area contributed by atoms with E-state index < -0.39 is 6.10 Å². The Hall–Kier alpha value is -1.25. The van der Waals surface area contributed by atoms with Crippen molar-refractivity contribution in [3.8, 4) is 0 Å². The summed E-state index contributed by atoms with van der Waals surface area (Å²) in [5.41, 5.74) is 6.86. The van der Waals surface area contributed by atoms with Crippen LogP contribution in [0.15, 0.2) is 22.7 Å². The molecule has 130 valence electrons. The van der Waals surface area contributed by atoms with E-state index in [1.54, 1.807) is 6.07 Å². The number of benzene rings is 1. The first kappa shape index (κ1) is 19.8. The SMILES string of the molecule is Cl.NCC(O)CN1CCC(c2noc3cc(F)ccc23)CC1.O. The summed E-state index contributed by atoms with van der Waals surface area (Å²) in [6.07, 6.45) is 1.45. The first-order valence-electron chi connectivity index (χ1n) is 7.32. The second-order valence-electron chi connectivity index (χ2n) is 5.67. The van der Waals surface area contributed by atoms with Crippen LogP contribution in [0, 0.1) is 5.82 Å². The van der Waals surface area contributed by atoms with Gasteiger partial charge >= 0.3 is 0 Å². The largest absolute Gasteiger partial charge is 0.412 e. The fraction of sp³-hybridized carbons (Fsp3) is 0.533. The molecule has 1 aromatic heterocycles. The topological polar surface area (TPSA) is 107 Å². The van der Waals surface area contributed by atoms with Crippen LogP contribution < -0.4 is 5.73 Å². The summed E-state index contributed by atoms with van der Waals surface area (Å²) in [6, 6.07) is 4.55. The minimum absolute atomic E-state index is 0. The Balaban J connectivity index is 0.00000132. The highest BCUT2D eigenvalue weighted by Gasteiger charge is 2.25. The molecule has 0 bridgehead atoms. The molecule has 0 radical (unpaired) electrons. The van der Waals surface area contributed by atoms with Crippen LogP contribution in [0.5, 0.6) is 0 Å². The summed E-state index contributed by atoms with van der Waals surface area (Å²) < 4.78 is 18.4. The fourth-order valence-electron chi connectivity index (χ4n) is 2.99. The van der Waals surface area contributed by atoms with Gasteiger partial charge in [0, 0.05) is 30.5 Å². The molecule has 0 saturated carbocycles. The van der Waals surface area contributed by atoms with Gasteiger partial charge in [-0.05, 0) is 38.1 Å². The molecule has 2 aromatic rings. The number of piperidine rings is 1. The first-order chi connectivity index (χ1) is 10.2. The maximum atomic E-state index is 13.2. The van der Waals surface area contributed by atoms with Crippen molar-refractivity contribution in [1.29, 1.82) is 0 Å². The van der Waals surface area contributed by atoms with Gasteiger partial charge < -0.3 is 25.7 Å². The van der Waals surface area contributed by atoms with Gasteiger partial charge in [0.25, 0.3) is 0 Å². The van der Waals surface area contributed by atoms with Crippen LogP contribution in [0.2, 0.25) is 0 Å². The number of hydrogen-bond donors (Lipinski definition) is 2. The smallest absolute Gasteiger partial charge is 0.170 e. The van der Waals surface area contributed by atoms with Gasteiger partial charge in [-0.2, -0.15) is 0 Å². The lowest BCUT2D eigenvalue weighted by Crippen LogP contribution is -2.40. The molecule has 1 aromatic carbocycles. The number of hydrogen-bond acceptors (Lipinski definition) is 5. The van der Waals surface area contributed by atoms with Gasteiger partial charge in [-0.25, -0.2) is 4.39 Å². The predicted octanol–water partition coefficient (Wildman–Crippen LogP) is 1.06. The van der Waals surface area contributed by atoms with Crippen LogP contribution in [0.3, 0.4) is 0 Å². The molecular formula is C15H23ClFN3O3. The van der Waals surface area contributed by atoms with E-state index in [9.17, 15) is 9.50 Å². The third-order valence-electron chi connectivity index (χ3n) is 4.18. The van der Waals surface area contributed by atoms with Crippen LogP contribution in [0.1, 0.15) is 24.5 Å². The van der Waals surface area contributed by atoms with Crippen molar-refractivity contribution in [3.63, 3.8) is 0 Å². The number of fused-ring (bicyclic) bond motifs is 1. The molecular weight excluding hydrogens is 325 g/mol. The first-order valence-corrected chi connectivity index (χ1v) is 7.32. The molecule has 0 amide bonds. The molecule has 6 nitrogen and oxygen atoms in total. The molecule has 3 rings (SSSR count). The number of aliphatic hydroxyl groups excluding tert-OH is 1. The van der Waals surface area contributed by atoms with Gasteiger partial charge in [0.15, 0.2) is 5.58 Å². The standard InChI is InChI=1S/C15H20FN3O2.ClH.H2O/c16-11-1-2-13-14(7-11)21-18-15(13)10-3-5-19(6-4-10)9-12(20)8-17;;/h1-2,7,10,12,20H,3-6,8-9,17H2;1H;1H2. The van der Waals surface area contributed by atoms with Crippen molar-refractivity contribution >= 4 is 23.4 Å². The predicted molar refractivity (Wildman–Crippen MR) is 88.3 cm³/mol. The van der Waals surface area contributed by atoms with Crippen molar-refractivity contribution in [2.75, 3.05) is 26.2 Å². The molecule has 5 N–H and O–H groups in total. The van der Waals surface area contributed by atoms with Crippen LogP contribution in [-0.2, 0) is 0 Å². The van der Waals surface area contributed by atoms with Crippen molar-refractivity contribution in [2.45, 2.75) is 24.9 Å². The summed E-state index contributed by atoms with van der Waals surface area (Å²) >= 11 is 0. The van der Waals surface area contributed by atoms with E-state index in [-0.39, 0.29) is 23.7 Å². The molecule has 1 aliphatic heterocycles. The van der Waals surface area contributed by atoms with Crippen LogP contribution >= 0.6 is 12.4 Å². The average Bonchev–Trinajstić information content (AvgIpc) is 2.90. The number of aliphatic hydroxyl groups is 1. The third-order valence-corrected chi connectivity index (χ3v) is 4.18. The van der Waals surface area contributed by atoms with E-state index in [4.69, 9.17) is 10.3 Å². The number of likely N-dealkylation sites (tertiary alicyclic amines) is 1. The molecule has 2 heterocycles. The summed E-state index contributed by atoms with van der Waals surface area (Å²) in [6.45, 7) is 2.71. The summed E-state index contributed by atoms with van der Waals surface area (Å²) in [5.74, 6) is 0.0128. The Kier molecular flexibility index (Phi) is 7.37. The van der Waals surface area contributed by atoms with Gasteiger partial charge in [-0.1, -0.05) is 5.16 Å². The van der Waals surface area contributed by atoms with Crippen LogP contribution in [-0.4, -0.2) is 52.9 Å². The highest BCUT2D eigenvalue weighted by molar-refractivity contribution is 5.85. The minimum Gasteiger partial charge on any atom is -0.412 e. The van der Waals surface area contributed by atoms with Crippen molar-refractivity contribution in [2.24, 2.45) is 5.73 Å². The van der Waals surface area contributed by atoms with E-state index in [0.717, 1.165) is 37.0 Å². The van der Waals surface area contributed by atoms with Crippen molar-refractivity contribution < 1.29 is 19.5 Å². The Bertz CT molecular complexity index is 617. The molecule has 0 aliphatic carbocycles. The van der Waals surface area contributed by atoms with E-state index >= 15 is 0 Å². The number of rotatable bonds is 4. The Labute approximate surface area is 140 Å². The average molecular weight is 348 g/mol. The number of nitrogens with two attached hydrogens (primary N) is 1. The molecule has 1 atom stereocenters. The number of nitrogens with zero attached hydrogens (tertiary/aromatic N) is 2. The van der Waals surface area contributed by atoms with E-state index in [1.165, 1.54) is 12.1 Å². The summed E-state index contributed by atoms with van der Waals surface area (Å²) in [7, 11) is 0. The summed E-state index contributed by atoms with van der Waals surface area (Å²) in [5, 5.41) is 14.6. The number of aromatic nitrogens is 1. The Morgan fingerprint density at radius 3 is 2.74 bits per heavy atom. The lowest BCUT2D eigenvalue weighted by Gasteiger charge is -2.32. The molecule has 1 saturated heterocycles. The zero-order valence-corrected chi connectivity index (χ0v) is 13.6. The van der Waals surface area contributed by atoms with E-state index in [1.807, 2.05) is 0 Å². The Morgan fingerprint density at radius 2 is 2.09 bits per heavy atom. The zero-order chi connectivity index (χ0) is 14.8.